The number of benzene rings is 1. The molecule has 6 heteroatoms. The van der Waals surface area contributed by atoms with Gasteiger partial charge < -0.3 is 19.8 Å². The summed E-state index contributed by atoms with van der Waals surface area (Å²) in [5.74, 6) is 0.749. The van der Waals surface area contributed by atoms with Crippen LogP contribution >= 0.6 is 0 Å². The fourth-order valence-electron chi connectivity index (χ4n) is 1.66. The summed E-state index contributed by atoms with van der Waals surface area (Å²) in [4.78, 5) is 11.7. The fourth-order valence-corrected chi connectivity index (χ4v) is 1.66. The maximum Gasteiger partial charge on any atom is 0.224 e. The largest absolute Gasteiger partial charge is 0.497 e. The Balaban J connectivity index is 2.10. The van der Waals surface area contributed by atoms with Crippen LogP contribution in [-0.2, 0) is 13.2 Å². The van der Waals surface area contributed by atoms with Gasteiger partial charge in [0.05, 0.1) is 25.6 Å². The number of aromatic nitrogens is 1. The van der Waals surface area contributed by atoms with Crippen LogP contribution in [0, 0.1) is 0 Å². The van der Waals surface area contributed by atoms with E-state index in [0.717, 1.165) is 23.6 Å². The minimum absolute atomic E-state index is 0.0144. The molecular formula is C14H15NO5. The van der Waals surface area contributed by atoms with Crippen molar-refractivity contribution in [3.8, 4) is 11.5 Å². The molecule has 0 aliphatic carbocycles. The SMILES string of the molecule is COc1ccc(COc2cn(O)c(CO)cc2=O)cc1. The van der Waals surface area contributed by atoms with Crippen molar-refractivity contribution < 1.29 is 19.8 Å². The molecule has 2 N–H and O–H groups in total. The summed E-state index contributed by atoms with van der Waals surface area (Å²) < 4.78 is 11.1. The van der Waals surface area contributed by atoms with Gasteiger partial charge in [-0.15, -0.1) is 0 Å². The Labute approximate surface area is 115 Å². The number of methoxy groups -OCH3 is 1. The average Bonchev–Trinajstić information content (AvgIpc) is 2.48. The van der Waals surface area contributed by atoms with Gasteiger partial charge in [-0.3, -0.25) is 4.79 Å². The quantitative estimate of drug-likeness (QED) is 0.802. The fraction of sp³-hybridized carbons (Fsp3) is 0.214. The number of aliphatic hydroxyl groups excluding tert-OH is 1. The monoisotopic (exact) mass is 277 g/mol. The second-order valence-electron chi connectivity index (χ2n) is 4.13. The predicted octanol–water partition coefficient (Wildman–Crippen LogP) is 1.17. The highest BCUT2D eigenvalue weighted by molar-refractivity contribution is 5.27. The molecule has 0 spiro atoms. The Morgan fingerprint density at radius 3 is 2.55 bits per heavy atom. The molecular weight excluding hydrogens is 262 g/mol. The standard InChI is InChI=1S/C14H15NO5/c1-19-12-4-2-10(3-5-12)9-20-14-7-15(18)11(8-16)6-13(14)17/h2-7,16,18H,8-9H2,1H3. The molecule has 0 bridgehead atoms. The lowest BCUT2D eigenvalue weighted by molar-refractivity contribution is 0.146. The van der Waals surface area contributed by atoms with E-state index in [0.29, 0.717) is 4.73 Å². The van der Waals surface area contributed by atoms with E-state index in [-0.39, 0.29) is 18.1 Å². The van der Waals surface area contributed by atoms with Crippen molar-refractivity contribution in [2.24, 2.45) is 0 Å². The van der Waals surface area contributed by atoms with E-state index in [2.05, 4.69) is 0 Å². The summed E-state index contributed by atoms with van der Waals surface area (Å²) in [7, 11) is 1.58. The van der Waals surface area contributed by atoms with Gasteiger partial charge in [0.25, 0.3) is 0 Å². The third kappa shape index (κ3) is 3.10. The molecule has 0 fully saturated rings. The molecule has 0 aliphatic rings. The number of hydrogen-bond acceptors (Lipinski definition) is 5. The van der Waals surface area contributed by atoms with Crippen LogP contribution in [0.2, 0.25) is 0 Å². The molecule has 20 heavy (non-hydrogen) atoms. The van der Waals surface area contributed by atoms with Gasteiger partial charge in [-0.1, -0.05) is 12.1 Å². The first kappa shape index (κ1) is 14.0. The zero-order valence-corrected chi connectivity index (χ0v) is 10.9. The van der Waals surface area contributed by atoms with Gasteiger partial charge in [0.1, 0.15) is 12.4 Å². The third-order valence-corrected chi connectivity index (χ3v) is 2.79. The maximum absolute atomic E-state index is 11.7. The topological polar surface area (TPSA) is 80.9 Å². The minimum atomic E-state index is -0.426. The molecule has 0 saturated heterocycles. The maximum atomic E-state index is 11.7. The molecule has 0 amide bonds. The van der Waals surface area contributed by atoms with E-state index in [1.54, 1.807) is 19.2 Å². The van der Waals surface area contributed by atoms with Crippen LogP contribution in [0.1, 0.15) is 11.3 Å². The molecule has 6 nitrogen and oxygen atoms in total. The second-order valence-corrected chi connectivity index (χ2v) is 4.13. The first-order chi connectivity index (χ1) is 9.63. The molecule has 0 radical (unpaired) electrons. The number of ether oxygens (including phenoxy) is 2. The highest BCUT2D eigenvalue weighted by Gasteiger charge is 2.07. The number of rotatable bonds is 5. The lowest BCUT2D eigenvalue weighted by atomic mass is 10.2. The van der Waals surface area contributed by atoms with Gasteiger partial charge in [-0.2, -0.15) is 4.73 Å². The van der Waals surface area contributed by atoms with E-state index in [1.807, 2.05) is 12.1 Å². The molecule has 0 saturated carbocycles. The lowest BCUT2D eigenvalue weighted by Crippen LogP contribution is -2.14. The van der Waals surface area contributed by atoms with Crippen molar-refractivity contribution in [3.05, 3.63) is 58.0 Å². The van der Waals surface area contributed by atoms with Crippen LogP contribution in [-0.4, -0.2) is 22.2 Å². The minimum Gasteiger partial charge on any atom is -0.497 e. The van der Waals surface area contributed by atoms with E-state index in [9.17, 15) is 10.0 Å². The molecule has 2 aromatic rings. The van der Waals surface area contributed by atoms with Gasteiger partial charge in [-0.25, -0.2) is 0 Å². The number of aliphatic hydroxyl groups is 1. The van der Waals surface area contributed by atoms with Gasteiger partial charge in [-0.05, 0) is 17.7 Å². The highest BCUT2D eigenvalue weighted by Crippen LogP contribution is 2.13. The second kappa shape index (κ2) is 6.12. The molecule has 106 valence electrons. The average molecular weight is 277 g/mol. The van der Waals surface area contributed by atoms with Gasteiger partial charge in [0, 0.05) is 6.07 Å². The number of hydrogen-bond donors (Lipinski definition) is 2. The van der Waals surface area contributed by atoms with Crippen LogP contribution in [0.25, 0.3) is 0 Å². The number of nitrogens with zero attached hydrogens (tertiary/aromatic N) is 1. The Kier molecular flexibility index (Phi) is 4.27. The first-order valence-electron chi connectivity index (χ1n) is 5.95. The molecule has 0 unspecified atom stereocenters. The zero-order chi connectivity index (χ0) is 14.5. The Morgan fingerprint density at radius 2 is 1.95 bits per heavy atom. The highest BCUT2D eigenvalue weighted by atomic mass is 16.5. The normalized spacial score (nSPS) is 10.3. The van der Waals surface area contributed by atoms with Crippen molar-refractivity contribution in [2.75, 3.05) is 7.11 Å². The van der Waals surface area contributed by atoms with E-state index >= 15 is 0 Å². The summed E-state index contributed by atoms with van der Waals surface area (Å²) in [6.45, 7) is -0.234. The molecule has 0 aliphatic heterocycles. The van der Waals surface area contributed by atoms with Gasteiger partial charge in [0.2, 0.25) is 5.43 Å². The summed E-state index contributed by atoms with van der Waals surface area (Å²) in [6, 6.07) is 8.34. The van der Waals surface area contributed by atoms with Crippen LogP contribution < -0.4 is 14.9 Å². The summed E-state index contributed by atoms with van der Waals surface area (Å²) in [5, 5.41) is 18.4. The predicted molar refractivity (Wildman–Crippen MR) is 71.1 cm³/mol. The Bertz CT molecular complexity index is 633. The molecule has 1 heterocycles. The van der Waals surface area contributed by atoms with Crippen molar-refractivity contribution in [2.45, 2.75) is 13.2 Å². The van der Waals surface area contributed by atoms with Crippen molar-refractivity contribution in [1.82, 2.24) is 4.73 Å². The summed E-state index contributed by atoms with van der Waals surface area (Å²) in [6.07, 6.45) is 1.14. The summed E-state index contributed by atoms with van der Waals surface area (Å²) in [5.41, 5.74) is 0.570. The van der Waals surface area contributed by atoms with Crippen molar-refractivity contribution in [3.63, 3.8) is 0 Å². The zero-order valence-electron chi connectivity index (χ0n) is 10.9. The lowest BCUT2D eigenvalue weighted by Gasteiger charge is -2.09. The number of pyridine rings is 1. The first-order valence-corrected chi connectivity index (χ1v) is 5.95. The van der Waals surface area contributed by atoms with Crippen LogP contribution in [0.5, 0.6) is 11.5 Å². The van der Waals surface area contributed by atoms with E-state index < -0.39 is 12.0 Å². The summed E-state index contributed by atoms with van der Waals surface area (Å²) >= 11 is 0. The van der Waals surface area contributed by atoms with Crippen molar-refractivity contribution in [1.29, 1.82) is 0 Å². The molecule has 1 aromatic heterocycles. The van der Waals surface area contributed by atoms with E-state index in [1.165, 1.54) is 0 Å². The van der Waals surface area contributed by atoms with Crippen LogP contribution in [0.4, 0.5) is 0 Å². The van der Waals surface area contributed by atoms with E-state index in [4.69, 9.17) is 14.6 Å². The third-order valence-electron chi connectivity index (χ3n) is 2.79. The Morgan fingerprint density at radius 1 is 1.25 bits per heavy atom. The Hall–Kier alpha value is -2.47. The van der Waals surface area contributed by atoms with Crippen LogP contribution in [0.15, 0.2) is 41.3 Å². The van der Waals surface area contributed by atoms with Crippen LogP contribution in [0.3, 0.4) is 0 Å². The molecule has 1 aromatic carbocycles. The van der Waals surface area contributed by atoms with Gasteiger partial charge in [0.15, 0.2) is 5.75 Å². The molecule has 0 atom stereocenters. The molecule has 2 rings (SSSR count). The van der Waals surface area contributed by atoms with Gasteiger partial charge >= 0.3 is 0 Å². The smallest absolute Gasteiger partial charge is 0.224 e. The van der Waals surface area contributed by atoms with Crippen molar-refractivity contribution >= 4 is 0 Å².